The Morgan fingerprint density at radius 1 is 1.33 bits per heavy atom. The fourth-order valence-corrected chi connectivity index (χ4v) is 2.92. The monoisotopic (exact) mass is 285 g/mol. The number of carbonyl (C=O) groups excluding carboxylic acids is 2. The minimum absolute atomic E-state index is 0.0643. The average Bonchev–Trinajstić information content (AvgIpc) is 2.93. The van der Waals surface area contributed by atoms with Crippen LogP contribution in [0.15, 0.2) is 30.5 Å². The highest BCUT2D eigenvalue weighted by Gasteiger charge is 2.35. The Balaban J connectivity index is 1.93. The third-order valence-corrected chi connectivity index (χ3v) is 3.95. The van der Waals surface area contributed by atoms with Crippen molar-refractivity contribution in [3.8, 4) is 0 Å². The zero-order valence-corrected chi connectivity index (χ0v) is 12.2. The summed E-state index contributed by atoms with van der Waals surface area (Å²) in [6, 6.07) is 7.16. The number of fused-ring (bicyclic) bond motifs is 1. The number of amides is 2. The van der Waals surface area contributed by atoms with E-state index in [0.717, 1.165) is 10.9 Å². The van der Waals surface area contributed by atoms with Crippen LogP contribution in [0.2, 0.25) is 0 Å². The fraction of sp³-hybridized carbons (Fsp3) is 0.375. The van der Waals surface area contributed by atoms with Gasteiger partial charge in [0.1, 0.15) is 6.04 Å². The van der Waals surface area contributed by atoms with Crippen molar-refractivity contribution < 1.29 is 9.59 Å². The molecule has 1 aromatic heterocycles. The molecular formula is C16H19N3O2. The molecule has 2 N–H and O–H groups in total. The van der Waals surface area contributed by atoms with Crippen LogP contribution in [0.25, 0.3) is 10.9 Å². The molecule has 2 heterocycles. The number of piperazine rings is 1. The van der Waals surface area contributed by atoms with Crippen LogP contribution >= 0.6 is 0 Å². The quantitative estimate of drug-likeness (QED) is 0.883. The summed E-state index contributed by atoms with van der Waals surface area (Å²) in [6.45, 7) is 4.99. The summed E-state index contributed by atoms with van der Waals surface area (Å²) in [4.78, 5) is 29.6. The Bertz CT molecular complexity index is 690. The Kier molecular flexibility index (Phi) is 3.41. The van der Waals surface area contributed by atoms with Crippen molar-refractivity contribution >= 4 is 22.7 Å². The third kappa shape index (κ3) is 2.39. The minimum atomic E-state index is -0.398. The van der Waals surface area contributed by atoms with Gasteiger partial charge < -0.3 is 15.2 Å². The normalized spacial score (nSPS) is 19.1. The van der Waals surface area contributed by atoms with E-state index in [1.54, 1.807) is 4.90 Å². The van der Waals surface area contributed by atoms with Crippen molar-refractivity contribution in [3.05, 3.63) is 36.0 Å². The van der Waals surface area contributed by atoms with Gasteiger partial charge in [0, 0.05) is 30.4 Å². The molecule has 0 spiro atoms. The van der Waals surface area contributed by atoms with Gasteiger partial charge in [0.15, 0.2) is 0 Å². The lowest BCUT2D eigenvalue weighted by Gasteiger charge is -2.37. The van der Waals surface area contributed by atoms with E-state index in [1.807, 2.05) is 44.3 Å². The molecular weight excluding hydrogens is 266 g/mol. The van der Waals surface area contributed by atoms with E-state index in [9.17, 15) is 9.59 Å². The molecule has 5 nitrogen and oxygen atoms in total. The highest BCUT2D eigenvalue weighted by molar-refractivity contribution is 6.00. The lowest BCUT2D eigenvalue weighted by Crippen LogP contribution is -2.59. The van der Waals surface area contributed by atoms with E-state index in [1.165, 1.54) is 0 Å². The molecule has 0 aliphatic carbocycles. The molecule has 0 bridgehead atoms. The highest BCUT2D eigenvalue weighted by atomic mass is 16.2. The first kappa shape index (κ1) is 13.7. The second-order valence-electron chi connectivity index (χ2n) is 5.76. The summed E-state index contributed by atoms with van der Waals surface area (Å²) < 4.78 is 0. The molecule has 2 aromatic rings. The number of hydrogen-bond donors (Lipinski definition) is 2. The maximum atomic E-state index is 12.8. The fourth-order valence-electron chi connectivity index (χ4n) is 2.92. The largest absolute Gasteiger partial charge is 0.361 e. The molecule has 2 amide bonds. The van der Waals surface area contributed by atoms with Crippen LogP contribution in [0.3, 0.4) is 0 Å². The topological polar surface area (TPSA) is 65.2 Å². The first-order valence-corrected chi connectivity index (χ1v) is 7.24. The van der Waals surface area contributed by atoms with Gasteiger partial charge in [-0.3, -0.25) is 9.59 Å². The van der Waals surface area contributed by atoms with Crippen LogP contribution in [-0.2, 0) is 4.79 Å². The molecule has 21 heavy (non-hydrogen) atoms. The summed E-state index contributed by atoms with van der Waals surface area (Å²) in [5.41, 5.74) is 1.55. The van der Waals surface area contributed by atoms with Gasteiger partial charge in [0.25, 0.3) is 5.91 Å². The molecule has 1 saturated heterocycles. The molecule has 3 rings (SSSR count). The SMILES string of the molecule is CC(C)[C@H]1C(=O)NCCN1C(=O)c1ccc2cc[nH]c2c1. The van der Waals surface area contributed by atoms with E-state index in [2.05, 4.69) is 10.3 Å². The average molecular weight is 285 g/mol. The van der Waals surface area contributed by atoms with Gasteiger partial charge in [0.05, 0.1) is 0 Å². The van der Waals surface area contributed by atoms with Crippen molar-refractivity contribution in [2.45, 2.75) is 19.9 Å². The van der Waals surface area contributed by atoms with Crippen LogP contribution in [0.4, 0.5) is 0 Å². The van der Waals surface area contributed by atoms with Gasteiger partial charge in [0.2, 0.25) is 5.91 Å². The Labute approximate surface area is 123 Å². The molecule has 110 valence electrons. The summed E-state index contributed by atoms with van der Waals surface area (Å²) in [7, 11) is 0. The summed E-state index contributed by atoms with van der Waals surface area (Å²) in [5, 5.41) is 3.91. The summed E-state index contributed by atoms with van der Waals surface area (Å²) in [5.74, 6) is -0.0610. The van der Waals surface area contributed by atoms with Crippen LogP contribution in [0.5, 0.6) is 0 Å². The number of H-pyrrole nitrogens is 1. The predicted molar refractivity (Wildman–Crippen MR) is 81.0 cm³/mol. The van der Waals surface area contributed by atoms with E-state index < -0.39 is 6.04 Å². The second-order valence-corrected chi connectivity index (χ2v) is 5.76. The lowest BCUT2D eigenvalue weighted by molar-refractivity contribution is -0.129. The molecule has 1 aromatic carbocycles. The number of nitrogens with one attached hydrogen (secondary N) is 2. The molecule has 1 atom stereocenters. The number of nitrogens with zero attached hydrogens (tertiary/aromatic N) is 1. The zero-order valence-electron chi connectivity index (χ0n) is 12.2. The molecule has 1 aliphatic heterocycles. The van der Waals surface area contributed by atoms with Crippen molar-refractivity contribution in [3.63, 3.8) is 0 Å². The van der Waals surface area contributed by atoms with Gasteiger partial charge in [-0.15, -0.1) is 0 Å². The highest BCUT2D eigenvalue weighted by Crippen LogP contribution is 2.20. The van der Waals surface area contributed by atoms with Crippen LogP contribution in [0.1, 0.15) is 24.2 Å². The summed E-state index contributed by atoms with van der Waals surface area (Å²) in [6.07, 6.45) is 1.85. The molecule has 1 aliphatic rings. The van der Waals surface area contributed by atoms with Crippen LogP contribution in [0, 0.1) is 5.92 Å². The molecule has 5 heteroatoms. The number of rotatable bonds is 2. The van der Waals surface area contributed by atoms with Gasteiger partial charge in [-0.1, -0.05) is 19.9 Å². The van der Waals surface area contributed by atoms with E-state index in [4.69, 9.17) is 0 Å². The van der Waals surface area contributed by atoms with Crippen LogP contribution in [-0.4, -0.2) is 40.8 Å². The standard InChI is InChI=1S/C16H19N3O2/c1-10(2)14-15(20)18-7-8-19(14)16(21)12-4-3-11-5-6-17-13(11)9-12/h3-6,9-10,14,17H,7-8H2,1-2H3,(H,18,20)/t14-/m0/s1. The van der Waals surface area contributed by atoms with Gasteiger partial charge in [-0.25, -0.2) is 0 Å². The van der Waals surface area contributed by atoms with Crippen molar-refractivity contribution in [2.24, 2.45) is 5.92 Å². The third-order valence-electron chi connectivity index (χ3n) is 3.95. The Morgan fingerprint density at radius 3 is 2.90 bits per heavy atom. The number of aromatic nitrogens is 1. The first-order valence-electron chi connectivity index (χ1n) is 7.24. The van der Waals surface area contributed by atoms with Gasteiger partial charge >= 0.3 is 0 Å². The zero-order chi connectivity index (χ0) is 15.0. The maximum absolute atomic E-state index is 12.8. The second kappa shape index (κ2) is 5.24. The van der Waals surface area contributed by atoms with Crippen molar-refractivity contribution in [1.29, 1.82) is 0 Å². The van der Waals surface area contributed by atoms with Crippen LogP contribution < -0.4 is 5.32 Å². The number of aromatic amines is 1. The molecule has 0 unspecified atom stereocenters. The lowest BCUT2D eigenvalue weighted by atomic mass is 9.98. The number of benzene rings is 1. The number of hydrogen-bond acceptors (Lipinski definition) is 2. The molecule has 1 fully saturated rings. The van der Waals surface area contributed by atoms with Gasteiger partial charge in [-0.2, -0.15) is 0 Å². The molecule has 0 saturated carbocycles. The Hall–Kier alpha value is -2.30. The molecule has 0 radical (unpaired) electrons. The minimum Gasteiger partial charge on any atom is -0.361 e. The maximum Gasteiger partial charge on any atom is 0.254 e. The first-order chi connectivity index (χ1) is 10.1. The number of carbonyl (C=O) groups is 2. The summed E-state index contributed by atoms with van der Waals surface area (Å²) >= 11 is 0. The van der Waals surface area contributed by atoms with E-state index >= 15 is 0 Å². The van der Waals surface area contributed by atoms with E-state index in [0.29, 0.717) is 18.7 Å². The smallest absolute Gasteiger partial charge is 0.254 e. The van der Waals surface area contributed by atoms with Crippen molar-refractivity contribution in [1.82, 2.24) is 15.2 Å². The van der Waals surface area contributed by atoms with Crippen molar-refractivity contribution in [2.75, 3.05) is 13.1 Å². The Morgan fingerprint density at radius 2 is 2.14 bits per heavy atom. The van der Waals surface area contributed by atoms with E-state index in [-0.39, 0.29) is 17.7 Å². The predicted octanol–water partition coefficient (Wildman–Crippen LogP) is 1.76. The van der Waals surface area contributed by atoms with Gasteiger partial charge in [-0.05, 0) is 29.5 Å².